The average molecular weight is 190 g/mol. The summed E-state index contributed by atoms with van der Waals surface area (Å²) in [6.45, 7) is 1.77. The van der Waals surface area contributed by atoms with Crippen LogP contribution in [0.5, 0.6) is 0 Å². The topological polar surface area (TPSA) is 87.1 Å². The number of nitriles is 1. The van der Waals surface area contributed by atoms with Crippen LogP contribution in [0.25, 0.3) is 0 Å². The van der Waals surface area contributed by atoms with Crippen LogP contribution in [0.4, 0.5) is 0 Å². The van der Waals surface area contributed by atoms with Crippen LogP contribution in [0, 0.1) is 18.3 Å². The van der Waals surface area contributed by atoms with E-state index in [1.54, 1.807) is 19.1 Å². The van der Waals surface area contributed by atoms with Crippen LogP contribution in [-0.4, -0.2) is 11.1 Å². The summed E-state index contributed by atoms with van der Waals surface area (Å²) in [5, 5.41) is 17.6. The van der Waals surface area contributed by atoms with Crippen LogP contribution < -0.4 is 5.73 Å². The van der Waals surface area contributed by atoms with Crippen molar-refractivity contribution in [3.8, 4) is 6.07 Å². The standard InChI is InChI=1S/C10H10N2O2/c1-6-7(4-11)2-3-8(5-12)9(6)10(13)14/h2-3H,5,12H2,1H3,(H,13,14). The second kappa shape index (κ2) is 3.90. The summed E-state index contributed by atoms with van der Waals surface area (Å²) in [5.41, 5.74) is 6.95. The molecule has 4 heteroatoms. The van der Waals surface area contributed by atoms with E-state index in [0.717, 1.165) is 0 Å². The van der Waals surface area contributed by atoms with Gasteiger partial charge in [-0.15, -0.1) is 0 Å². The molecule has 3 N–H and O–H groups in total. The lowest BCUT2D eigenvalue weighted by molar-refractivity contribution is 0.0695. The first kappa shape index (κ1) is 10.2. The second-order valence-corrected chi connectivity index (χ2v) is 2.89. The lowest BCUT2D eigenvalue weighted by atomic mass is 9.97. The highest BCUT2D eigenvalue weighted by molar-refractivity contribution is 5.91. The van der Waals surface area contributed by atoms with E-state index in [9.17, 15) is 4.79 Å². The number of rotatable bonds is 2. The lowest BCUT2D eigenvalue weighted by Crippen LogP contribution is -2.10. The molecule has 1 aromatic rings. The Hall–Kier alpha value is -1.86. The quantitative estimate of drug-likeness (QED) is 0.728. The molecule has 0 heterocycles. The molecule has 0 saturated carbocycles. The number of carbonyl (C=O) groups is 1. The fourth-order valence-electron chi connectivity index (χ4n) is 1.36. The Morgan fingerprint density at radius 2 is 2.29 bits per heavy atom. The van der Waals surface area contributed by atoms with Gasteiger partial charge in [0.25, 0.3) is 0 Å². The van der Waals surface area contributed by atoms with Crippen molar-refractivity contribution in [3.05, 3.63) is 34.4 Å². The van der Waals surface area contributed by atoms with Crippen molar-refractivity contribution in [1.29, 1.82) is 5.26 Å². The van der Waals surface area contributed by atoms with Crippen molar-refractivity contribution in [1.82, 2.24) is 0 Å². The van der Waals surface area contributed by atoms with Gasteiger partial charge < -0.3 is 10.8 Å². The first-order valence-corrected chi connectivity index (χ1v) is 4.07. The van der Waals surface area contributed by atoms with E-state index < -0.39 is 5.97 Å². The Kier molecular flexibility index (Phi) is 2.85. The molecule has 14 heavy (non-hydrogen) atoms. The maximum absolute atomic E-state index is 10.9. The molecule has 1 aromatic carbocycles. The van der Waals surface area contributed by atoms with Gasteiger partial charge in [-0.2, -0.15) is 5.26 Å². The number of hydrogen-bond donors (Lipinski definition) is 2. The van der Waals surface area contributed by atoms with E-state index in [4.69, 9.17) is 16.1 Å². The summed E-state index contributed by atoms with van der Waals surface area (Å²) >= 11 is 0. The van der Waals surface area contributed by atoms with E-state index in [0.29, 0.717) is 16.7 Å². The molecule has 0 bridgehead atoms. The molecule has 0 atom stereocenters. The smallest absolute Gasteiger partial charge is 0.336 e. The zero-order valence-corrected chi connectivity index (χ0v) is 7.74. The number of nitrogens with two attached hydrogens (primary N) is 1. The highest BCUT2D eigenvalue weighted by atomic mass is 16.4. The summed E-state index contributed by atoms with van der Waals surface area (Å²) < 4.78 is 0. The zero-order valence-electron chi connectivity index (χ0n) is 7.74. The van der Waals surface area contributed by atoms with Crippen molar-refractivity contribution < 1.29 is 9.90 Å². The minimum absolute atomic E-state index is 0.145. The molecule has 0 aromatic heterocycles. The Labute approximate surface area is 81.6 Å². The molecular formula is C10H10N2O2. The molecule has 0 unspecified atom stereocenters. The van der Waals surface area contributed by atoms with Gasteiger partial charge in [-0.3, -0.25) is 0 Å². The van der Waals surface area contributed by atoms with Crippen LogP contribution >= 0.6 is 0 Å². The second-order valence-electron chi connectivity index (χ2n) is 2.89. The molecule has 0 fully saturated rings. The third-order valence-corrected chi connectivity index (χ3v) is 2.11. The molecule has 0 spiro atoms. The van der Waals surface area contributed by atoms with Crippen molar-refractivity contribution in [2.24, 2.45) is 5.73 Å². The van der Waals surface area contributed by atoms with Gasteiger partial charge in [0.05, 0.1) is 17.2 Å². The fourth-order valence-corrected chi connectivity index (χ4v) is 1.36. The summed E-state index contributed by atoms with van der Waals surface area (Å²) in [5.74, 6) is -1.04. The normalized spacial score (nSPS) is 9.50. The summed E-state index contributed by atoms with van der Waals surface area (Å²) in [4.78, 5) is 10.9. The lowest BCUT2D eigenvalue weighted by Gasteiger charge is -2.07. The average Bonchev–Trinajstić information content (AvgIpc) is 2.16. The fraction of sp³-hybridized carbons (Fsp3) is 0.200. The van der Waals surface area contributed by atoms with Crippen molar-refractivity contribution in [2.75, 3.05) is 0 Å². The van der Waals surface area contributed by atoms with Crippen molar-refractivity contribution in [2.45, 2.75) is 13.5 Å². The number of carboxylic acid groups (broad SMARTS) is 1. The van der Waals surface area contributed by atoms with Gasteiger partial charge in [0.1, 0.15) is 0 Å². The van der Waals surface area contributed by atoms with Crippen molar-refractivity contribution >= 4 is 5.97 Å². The molecule has 0 radical (unpaired) electrons. The van der Waals surface area contributed by atoms with E-state index in [-0.39, 0.29) is 12.1 Å². The first-order valence-electron chi connectivity index (χ1n) is 4.07. The minimum Gasteiger partial charge on any atom is -0.478 e. The minimum atomic E-state index is -1.04. The summed E-state index contributed by atoms with van der Waals surface area (Å²) in [6, 6.07) is 5.10. The van der Waals surface area contributed by atoms with Gasteiger partial charge in [-0.25, -0.2) is 4.79 Å². The molecule has 0 amide bonds. The third-order valence-electron chi connectivity index (χ3n) is 2.11. The molecular weight excluding hydrogens is 180 g/mol. The SMILES string of the molecule is Cc1c(C#N)ccc(CN)c1C(=O)O. The van der Waals surface area contributed by atoms with Crippen molar-refractivity contribution in [3.63, 3.8) is 0 Å². The first-order chi connectivity index (χ1) is 6.61. The summed E-state index contributed by atoms with van der Waals surface area (Å²) in [6.07, 6.45) is 0. The highest BCUT2D eigenvalue weighted by Crippen LogP contribution is 2.17. The number of carboxylic acids is 1. The van der Waals surface area contributed by atoms with E-state index in [1.165, 1.54) is 0 Å². The van der Waals surface area contributed by atoms with E-state index >= 15 is 0 Å². The Bertz CT molecular complexity index is 419. The number of benzene rings is 1. The van der Waals surface area contributed by atoms with Crippen LogP contribution in [0.2, 0.25) is 0 Å². The predicted octanol–water partition coefficient (Wildman–Crippen LogP) is 1.02. The Balaban J connectivity index is 3.49. The molecule has 4 nitrogen and oxygen atoms in total. The molecule has 0 aliphatic heterocycles. The van der Waals surface area contributed by atoms with Gasteiger partial charge in [-0.05, 0) is 24.1 Å². The highest BCUT2D eigenvalue weighted by Gasteiger charge is 2.14. The molecule has 0 aliphatic carbocycles. The zero-order chi connectivity index (χ0) is 10.7. The van der Waals surface area contributed by atoms with Gasteiger partial charge in [0.2, 0.25) is 0 Å². The number of hydrogen-bond acceptors (Lipinski definition) is 3. The van der Waals surface area contributed by atoms with E-state index in [2.05, 4.69) is 0 Å². The maximum atomic E-state index is 10.9. The van der Waals surface area contributed by atoms with Crippen LogP contribution in [0.3, 0.4) is 0 Å². The monoisotopic (exact) mass is 190 g/mol. The van der Waals surface area contributed by atoms with Gasteiger partial charge >= 0.3 is 5.97 Å². The predicted molar refractivity (Wildman–Crippen MR) is 50.7 cm³/mol. The molecule has 72 valence electrons. The Morgan fingerprint density at radius 1 is 1.64 bits per heavy atom. The van der Waals surface area contributed by atoms with Crippen LogP contribution in [-0.2, 0) is 6.54 Å². The van der Waals surface area contributed by atoms with Crippen LogP contribution in [0.1, 0.15) is 27.0 Å². The maximum Gasteiger partial charge on any atom is 0.336 e. The molecule has 0 saturated heterocycles. The van der Waals surface area contributed by atoms with Crippen LogP contribution in [0.15, 0.2) is 12.1 Å². The Morgan fingerprint density at radius 3 is 2.71 bits per heavy atom. The van der Waals surface area contributed by atoms with Gasteiger partial charge in [0, 0.05) is 6.54 Å². The molecule has 0 aliphatic rings. The largest absolute Gasteiger partial charge is 0.478 e. The summed E-state index contributed by atoms with van der Waals surface area (Å²) in [7, 11) is 0. The molecule has 1 rings (SSSR count). The van der Waals surface area contributed by atoms with Gasteiger partial charge in [-0.1, -0.05) is 6.07 Å². The van der Waals surface area contributed by atoms with Gasteiger partial charge in [0.15, 0.2) is 0 Å². The number of nitrogens with zero attached hydrogens (tertiary/aromatic N) is 1. The van der Waals surface area contributed by atoms with E-state index in [1.807, 2.05) is 6.07 Å². The third kappa shape index (κ3) is 1.58. The number of aromatic carboxylic acids is 1.